The van der Waals surface area contributed by atoms with E-state index in [1.54, 1.807) is 31.2 Å². The molecule has 0 heterocycles. The first kappa shape index (κ1) is 14.2. The molecule has 2 unspecified atom stereocenters. The molecule has 0 amide bonds. The van der Waals surface area contributed by atoms with Gasteiger partial charge in [0.05, 0.1) is 16.8 Å². The van der Waals surface area contributed by atoms with Crippen LogP contribution in [0.3, 0.4) is 0 Å². The van der Waals surface area contributed by atoms with Gasteiger partial charge in [-0.3, -0.25) is 0 Å². The van der Waals surface area contributed by atoms with Crippen LogP contribution in [0, 0.1) is 0 Å². The van der Waals surface area contributed by atoms with Gasteiger partial charge < -0.3 is 5.11 Å². The fourth-order valence-corrected chi connectivity index (χ4v) is 2.61. The number of rotatable bonds is 5. The lowest BCUT2D eigenvalue weighted by Gasteiger charge is -2.17. The molecule has 0 fully saturated rings. The number of aliphatic hydroxyl groups is 1. The van der Waals surface area contributed by atoms with Gasteiger partial charge in [0.25, 0.3) is 0 Å². The summed E-state index contributed by atoms with van der Waals surface area (Å²) >= 11 is 0. The van der Waals surface area contributed by atoms with Crippen molar-refractivity contribution < 1.29 is 13.5 Å². The molecule has 3 nitrogen and oxygen atoms in total. The topological polar surface area (TPSA) is 54.4 Å². The Morgan fingerprint density at radius 3 is 2.12 bits per heavy atom. The average Bonchev–Trinajstić information content (AvgIpc) is 2.37. The zero-order chi connectivity index (χ0) is 13.1. The van der Waals surface area contributed by atoms with E-state index in [0.29, 0.717) is 11.3 Å². The minimum absolute atomic E-state index is 0.0263. The van der Waals surface area contributed by atoms with Gasteiger partial charge in [0.15, 0.2) is 9.84 Å². The lowest BCUT2D eigenvalue weighted by molar-refractivity contribution is 0.145. The molecule has 0 spiro atoms. The maximum atomic E-state index is 11.6. The molecule has 0 saturated heterocycles. The Morgan fingerprint density at radius 1 is 1.18 bits per heavy atom. The molecule has 0 aliphatic rings. The summed E-state index contributed by atoms with van der Waals surface area (Å²) in [5, 5.41) is 9.74. The summed E-state index contributed by atoms with van der Waals surface area (Å²) in [6.45, 7) is 5.50. The highest BCUT2D eigenvalue weighted by atomic mass is 32.2. The van der Waals surface area contributed by atoms with Crippen molar-refractivity contribution in [1.29, 1.82) is 0 Å². The van der Waals surface area contributed by atoms with Gasteiger partial charge in [-0.05, 0) is 24.1 Å². The van der Waals surface area contributed by atoms with Crippen LogP contribution in [-0.2, 0) is 9.84 Å². The second-order valence-corrected chi connectivity index (χ2v) is 6.51. The van der Waals surface area contributed by atoms with Gasteiger partial charge in [0.1, 0.15) is 0 Å². The molecule has 0 saturated carbocycles. The van der Waals surface area contributed by atoms with Crippen molar-refractivity contribution in [3.63, 3.8) is 0 Å². The van der Waals surface area contributed by atoms with E-state index in [0.717, 1.165) is 5.56 Å². The van der Waals surface area contributed by atoms with E-state index in [1.807, 2.05) is 13.8 Å². The van der Waals surface area contributed by atoms with Crippen molar-refractivity contribution in [1.82, 2.24) is 0 Å². The van der Waals surface area contributed by atoms with E-state index >= 15 is 0 Å². The van der Waals surface area contributed by atoms with Crippen LogP contribution in [0.15, 0.2) is 29.2 Å². The summed E-state index contributed by atoms with van der Waals surface area (Å²) < 4.78 is 23.2. The fourth-order valence-electron chi connectivity index (χ4n) is 1.72. The first-order valence-electron chi connectivity index (χ1n) is 5.93. The smallest absolute Gasteiger partial charge is 0.178 e. The minimum Gasteiger partial charge on any atom is -0.393 e. The van der Waals surface area contributed by atoms with E-state index in [-0.39, 0.29) is 17.8 Å². The zero-order valence-corrected chi connectivity index (χ0v) is 11.4. The van der Waals surface area contributed by atoms with Crippen LogP contribution in [0.5, 0.6) is 0 Å². The predicted octanol–water partition coefficient (Wildman–Crippen LogP) is 2.35. The molecule has 0 radical (unpaired) electrons. The first-order chi connectivity index (χ1) is 7.92. The standard InChI is InChI=1S/C13H20O3S/c1-4-13(14)10(3)11-6-8-12(9-7-11)17(15,16)5-2/h6-10,13-14H,4-5H2,1-3H3. The van der Waals surface area contributed by atoms with Crippen LogP contribution in [0.2, 0.25) is 0 Å². The molecule has 0 aromatic heterocycles. The van der Waals surface area contributed by atoms with Gasteiger partial charge in [-0.15, -0.1) is 0 Å². The van der Waals surface area contributed by atoms with Gasteiger partial charge in [0.2, 0.25) is 0 Å². The molecule has 96 valence electrons. The molecule has 4 heteroatoms. The van der Waals surface area contributed by atoms with Crippen LogP contribution in [0.4, 0.5) is 0 Å². The Hall–Kier alpha value is -0.870. The summed E-state index contributed by atoms with van der Waals surface area (Å²) in [6.07, 6.45) is 0.305. The number of hydrogen-bond donors (Lipinski definition) is 1. The lowest BCUT2D eigenvalue weighted by Crippen LogP contribution is -2.14. The number of hydrogen-bond acceptors (Lipinski definition) is 3. The zero-order valence-electron chi connectivity index (χ0n) is 10.6. The normalized spacial score (nSPS) is 15.5. The van der Waals surface area contributed by atoms with E-state index < -0.39 is 9.84 Å². The summed E-state index contributed by atoms with van der Waals surface area (Å²) in [5.74, 6) is 0.137. The predicted molar refractivity (Wildman–Crippen MR) is 68.9 cm³/mol. The molecule has 0 aliphatic carbocycles. The molecule has 0 bridgehead atoms. The minimum atomic E-state index is -3.13. The second kappa shape index (κ2) is 5.65. The molecule has 0 aliphatic heterocycles. The summed E-state index contributed by atoms with van der Waals surface area (Å²) in [7, 11) is -3.13. The van der Waals surface area contributed by atoms with Crippen molar-refractivity contribution in [2.45, 2.75) is 44.1 Å². The largest absolute Gasteiger partial charge is 0.393 e. The van der Waals surface area contributed by atoms with Crippen LogP contribution >= 0.6 is 0 Å². The molecular weight excluding hydrogens is 236 g/mol. The van der Waals surface area contributed by atoms with Crippen LogP contribution in [0.25, 0.3) is 0 Å². The molecule has 1 N–H and O–H groups in total. The summed E-state index contributed by atoms with van der Waals surface area (Å²) in [5.41, 5.74) is 0.967. The third-order valence-corrected chi connectivity index (χ3v) is 4.89. The molecule has 1 aromatic rings. The summed E-state index contributed by atoms with van der Waals surface area (Å²) in [6, 6.07) is 6.80. The Balaban J connectivity index is 2.96. The van der Waals surface area contributed by atoms with Crippen molar-refractivity contribution >= 4 is 9.84 Å². The number of sulfone groups is 1. The number of benzene rings is 1. The maximum absolute atomic E-state index is 11.6. The Kier molecular flexibility index (Phi) is 4.71. The van der Waals surface area contributed by atoms with Crippen molar-refractivity contribution in [3.8, 4) is 0 Å². The Morgan fingerprint density at radius 2 is 1.71 bits per heavy atom. The molecule has 17 heavy (non-hydrogen) atoms. The Labute approximate surface area is 103 Å². The van der Waals surface area contributed by atoms with Crippen LogP contribution < -0.4 is 0 Å². The molecular formula is C13H20O3S. The molecule has 1 aromatic carbocycles. The van der Waals surface area contributed by atoms with Crippen LogP contribution in [-0.4, -0.2) is 25.4 Å². The van der Waals surface area contributed by atoms with Gasteiger partial charge >= 0.3 is 0 Å². The van der Waals surface area contributed by atoms with Crippen molar-refractivity contribution in [3.05, 3.63) is 29.8 Å². The molecule has 2 atom stereocenters. The van der Waals surface area contributed by atoms with Crippen LogP contribution in [0.1, 0.15) is 38.7 Å². The fraction of sp³-hybridized carbons (Fsp3) is 0.538. The highest BCUT2D eigenvalue weighted by Gasteiger charge is 2.16. The third kappa shape index (κ3) is 3.30. The van der Waals surface area contributed by atoms with Gasteiger partial charge in [-0.25, -0.2) is 8.42 Å². The van der Waals surface area contributed by atoms with Gasteiger partial charge in [-0.2, -0.15) is 0 Å². The quantitative estimate of drug-likeness (QED) is 0.880. The van der Waals surface area contributed by atoms with E-state index in [4.69, 9.17) is 0 Å². The monoisotopic (exact) mass is 256 g/mol. The second-order valence-electron chi connectivity index (χ2n) is 4.24. The average molecular weight is 256 g/mol. The van der Waals surface area contributed by atoms with Gasteiger partial charge in [-0.1, -0.05) is 32.9 Å². The molecule has 1 rings (SSSR count). The highest BCUT2D eigenvalue weighted by molar-refractivity contribution is 7.91. The van der Waals surface area contributed by atoms with Crippen molar-refractivity contribution in [2.75, 3.05) is 5.75 Å². The highest BCUT2D eigenvalue weighted by Crippen LogP contribution is 2.22. The SMILES string of the molecule is CCC(O)C(C)c1ccc(S(=O)(=O)CC)cc1. The van der Waals surface area contributed by atoms with Gasteiger partial charge in [0, 0.05) is 5.92 Å². The third-order valence-electron chi connectivity index (χ3n) is 3.14. The number of aliphatic hydroxyl groups excluding tert-OH is 1. The van der Waals surface area contributed by atoms with Crippen molar-refractivity contribution in [2.24, 2.45) is 0 Å². The van der Waals surface area contributed by atoms with E-state index in [2.05, 4.69) is 0 Å². The maximum Gasteiger partial charge on any atom is 0.178 e. The van der Waals surface area contributed by atoms with E-state index in [1.165, 1.54) is 0 Å². The Bertz CT molecular complexity index is 448. The first-order valence-corrected chi connectivity index (χ1v) is 7.58. The lowest BCUT2D eigenvalue weighted by atomic mass is 9.94. The van der Waals surface area contributed by atoms with E-state index in [9.17, 15) is 13.5 Å². The summed E-state index contributed by atoms with van der Waals surface area (Å²) in [4.78, 5) is 0.349.